The smallest absolute Gasteiger partial charge is 0.480 e. The van der Waals surface area contributed by atoms with Crippen LogP contribution in [0.5, 0.6) is 5.75 Å². The predicted molar refractivity (Wildman–Crippen MR) is 87.8 cm³/mol. The summed E-state index contributed by atoms with van der Waals surface area (Å²) in [4.78, 5) is 16.9. The van der Waals surface area contributed by atoms with E-state index in [1.807, 2.05) is 11.0 Å². The van der Waals surface area contributed by atoms with E-state index in [1.165, 1.54) is 18.2 Å². The van der Waals surface area contributed by atoms with E-state index in [9.17, 15) is 18.0 Å². The number of para-hydroxylation sites is 1. The van der Waals surface area contributed by atoms with E-state index in [2.05, 4.69) is 9.72 Å². The van der Waals surface area contributed by atoms with Crippen LogP contribution in [0, 0.1) is 0 Å². The molecular formula is C18H17F3N2O3. The first kappa shape index (κ1) is 18.2. The Morgan fingerprint density at radius 1 is 1.31 bits per heavy atom. The summed E-state index contributed by atoms with van der Waals surface area (Å²) in [7, 11) is 0. The molecule has 138 valence electrons. The Hall–Kier alpha value is -2.61. The maximum Gasteiger partial charge on any atom is 0.573 e. The van der Waals surface area contributed by atoms with Gasteiger partial charge in [-0.2, -0.15) is 0 Å². The largest absolute Gasteiger partial charge is 0.573 e. The first-order valence-corrected chi connectivity index (χ1v) is 8.07. The van der Waals surface area contributed by atoms with Crippen LogP contribution in [0.3, 0.4) is 0 Å². The molecule has 0 bridgehead atoms. The highest BCUT2D eigenvalue weighted by Crippen LogP contribution is 2.35. The van der Waals surface area contributed by atoms with Crippen molar-refractivity contribution in [1.29, 1.82) is 0 Å². The number of pyridine rings is 1. The maximum atomic E-state index is 12.6. The average Bonchev–Trinajstić information content (AvgIpc) is 3.02. The van der Waals surface area contributed by atoms with Gasteiger partial charge in [0.15, 0.2) is 0 Å². The highest BCUT2D eigenvalue weighted by Gasteiger charge is 2.32. The molecule has 3 rings (SSSR count). The van der Waals surface area contributed by atoms with Crippen molar-refractivity contribution in [2.24, 2.45) is 0 Å². The molecule has 0 spiro atoms. The van der Waals surface area contributed by atoms with Gasteiger partial charge in [0.05, 0.1) is 12.2 Å². The van der Waals surface area contributed by atoms with E-state index in [-0.39, 0.29) is 23.8 Å². The lowest BCUT2D eigenvalue weighted by Crippen LogP contribution is -2.27. The zero-order valence-electron chi connectivity index (χ0n) is 13.7. The normalized spacial score (nSPS) is 18.0. The summed E-state index contributed by atoms with van der Waals surface area (Å²) in [6, 6.07) is 9.42. The second kappa shape index (κ2) is 7.33. The molecule has 1 N–H and O–H groups in total. The molecule has 2 aromatic rings. The summed E-state index contributed by atoms with van der Waals surface area (Å²) in [5.74, 6) is -1.06. The fraction of sp³-hybridized carbons (Fsp3) is 0.333. The molecule has 26 heavy (non-hydrogen) atoms. The Morgan fingerprint density at radius 2 is 2.08 bits per heavy atom. The molecule has 1 saturated heterocycles. The van der Waals surface area contributed by atoms with Gasteiger partial charge in [0.25, 0.3) is 0 Å². The van der Waals surface area contributed by atoms with Gasteiger partial charge in [0.2, 0.25) is 0 Å². The Kier molecular flexibility index (Phi) is 5.13. The first-order valence-electron chi connectivity index (χ1n) is 8.07. The summed E-state index contributed by atoms with van der Waals surface area (Å²) in [5, 5.41) is 8.89. The molecule has 0 aliphatic carbocycles. The van der Waals surface area contributed by atoms with Crippen molar-refractivity contribution in [2.45, 2.75) is 18.7 Å². The molecular weight excluding hydrogens is 349 g/mol. The van der Waals surface area contributed by atoms with Gasteiger partial charge in [-0.05, 0) is 48.7 Å². The lowest BCUT2D eigenvalue weighted by Gasteiger charge is -2.15. The second-order valence-electron chi connectivity index (χ2n) is 6.13. The molecule has 1 aliphatic rings. The summed E-state index contributed by atoms with van der Waals surface area (Å²) < 4.78 is 41.9. The summed E-state index contributed by atoms with van der Waals surface area (Å²) in [6.45, 7) is 1.25. The van der Waals surface area contributed by atoms with Crippen LogP contribution in [-0.2, 0) is 4.79 Å². The van der Waals surface area contributed by atoms with Crippen LogP contribution in [0.25, 0.3) is 11.3 Å². The minimum Gasteiger partial charge on any atom is -0.480 e. The van der Waals surface area contributed by atoms with Crippen molar-refractivity contribution in [2.75, 3.05) is 19.6 Å². The molecule has 2 heterocycles. The number of aromatic nitrogens is 1. The number of carbonyl (C=O) groups is 1. The number of nitrogens with zero attached hydrogens (tertiary/aromatic N) is 2. The van der Waals surface area contributed by atoms with Crippen molar-refractivity contribution in [3.63, 3.8) is 0 Å². The van der Waals surface area contributed by atoms with E-state index in [0.29, 0.717) is 18.8 Å². The fourth-order valence-electron chi connectivity index (χ4n) is 3.18. The number of carboxylic acids is 1. The maximum absolute atomic E-state index is 12.6. The second-order valence-corrected chi connectivity index (χ2v) is 6.13. The van der Waals surface area contributed by atoms with Crippen LogP contribution < -0.4 is 4.74 Å². The Morgan fingerprint density at radius 3 is 2.81 bits per heavy atom. The molecule has 0 saturated carbocycles. The number of rotatable bonds is 5. The van der Waals surface area contributed by atoms with Gasteiger partial charge in [0, 0.05) is 18.3 Å². The van der Waals surface area contributed by atoms with Crippen LogP contribution in [0.15, 0.2) is 42.6 Å². The summed E-state index contributed by atoms with van der Waals surface area (Å²) >= 11 is 0. The molecule has 1 atom stereocenters. The highest BCUT2D eigenvalue weighted by atomic mass is 19.4. The van der Waals surface area contributed by atoms with Crippen LogP contribution in [0.2, 0.25) is 0 Å². The van der Waals surface area contributed by atoms with Crippen LogP contribution in [0.1, 0.15) is 17.9 Å². The molecule has 1 aromatic heterocycles. The topological polar surface area (TPSA) is 62.7 Å². The molecule has 1 aliphatic heterocycles. The summed E-state index contributed by atoms with van der Waals surface area (Å²) in [6.07, 6.45) is -2.44. The minimum absolute atomic E-state index is 0.0172. The van der Waals surface area contributed by atoms with Crippen molar-refractivity contribution >= 4 is 5.97 Å². The molecule has 0 amide bonds. The zero-order valence-corrected chi connectivity index (χ0v) is 13.7. The van der Waals surface area contributed by atoms with Crippen molar-refractivity contribution < 1.29 is 27.8 Å². The van der Waals surface area contributed by atoms with Crippen LogP contribution in [0.4, 0.5) is 13.2 Å². The molecule has 0 unspecified atom stereocenters. The number of hydrogen-bond acceptors (Lipinski definition) is 4. The van der Waals surface area contributed by atoms with E-state index >= 15 is 0 Å². The highest BCUT2D eigenvalue weighted by molar-refractivity contribution is 5.69. The number of benzene rings is 1. The Balaban J connectivity index is 1.84. The monoisotopic (exact) mass is 366 g/mol. The van der Waals surface area contributed by atoms with Crippen molar-refractivity contribution in [3.05, 3.63) is 48.2 Å². The van der Waals surface area contributed by atoms with E-state index < -0.39 is 12.3 Å². The molecule has 8 heteroatoms. The molecule has 1 aromatic carbocycles. The number of alkyl halides is 3. The number of hydrogen-bond donors (Lipinski definition) is 1. The third-order valence-corrected chi connectivity index (χ3v) is 4.28. The molecule has 1 fully saturated rings. The van der Waals surface area contributed by atoms with E-state index in [1.54, 1.807) is 18.3 Å². The SMILES string of the molecule is O=C(O)CN1CC[C@@H](c2ccnc(-c3ccccc3OC(F)(F)F)c2)C1. The van der Waals surface area contributed by atoms with Gasteiger partial charge in [-0.3, -0.25) is 14.7 Å². The van der Waals surface area contributed by atoms with Gasteiger partial charge >= 0.3 is 12.3 Å². The fourth-order valence-corrected chi connectivity index (χ4v) is 3.18. The lowest BCUT2D eigenvalue weighted by molar-refractivity contribution is -0.274. The van der Waals surface area contributed by atoms with E-state index in [0.717, 1.165) is 12.0 Å². The number of likely N-dealkylation sites (tertiary alicyclic amines) is 1. The van der Waals surface area contributed by atoms with Gasteiger partial charge in [-0.15, -0.1) is 13.2 Å². The average molecular weight is 366 g/mol. The third-order valence-electron chi connectivity index (χ3n) is 4.28. The van der Waals surface area contributed by atoms with Gasteiger partial charge in [-0.1, -0.05) is 12.1 Å². The molecule has 5 nitrogen and oxygen atoms in total. The minimum atomic E-state index is -4.78. The number of halogens is 3. The standard InChI is InChI=1S/C18H17F3N2O3/c19-18(20,21)26-16-4-2-1-3-14(16)15-9-12(5-7-22-15)13-6-8-23(10-13)11-17(24)25/h1-5,7,9,13H,6,8,10-11H2,(H,24,25)/t13-/m1/s1. The lowest BCUT2D eigenvalue weighted by atomic mass is 9.97. The van der Waals surface area contributed by atoms with Gasteiger partial charge in [0.1, 0.15) is 5.75 Å². The van der Waals surface area contributed by atoms with E-state index in [4.69, 9.17) is 5.11 Å². The number of aliphatic carboxylic acids is 1. The van der Waals surface area contributed by atoms with Gasteiger partial charge in [-0.25, -0.2) is 0 Å². The van der Waals surface area contributed by atoms with Crippen molar-refractivity contribution in [1.82, 2.24) is 9.88 Å². The Bertz CT molecular complexity index is 795. The first-order chi connectivity index (χ1) is 12.3. The zero-order chi connectivity index (χ0) is 18.7. The Labute approximate surface area is 148 Å². The van der Waals surface area contributed by atoms with Crippen LogP contribution >= 0.6 is 0 Å². The number of carboxylic acid groups (broad SMARTS) is 1. The molecule has 0 radical (unpaired) electrons. The number of ether oxygens (including phenoxy) is 1. The third kappa shape index (κ3) is 4.51. The van der Waals surface area contributed by atoms with Crippen LogP contribution in [-0.4, -0.2) is 47.0 Å². The quantitative estimate of drug-likeness (QED) is 0.877. The van der Waals surface area contributed by atoms with Crippen molar-refractivity contribution in [3.8, 4) is 17.0 Å². The predicted octanol–water partition coefficient (Wildman–Crippen LogP) is 3.52. The summed E-state index contributed by atoms with van der Waals surface area (Å²) in [5.41, 5.74) is 1.57. The van der Waals surface area contributed by atoms with Gasteiger partial charge < -0.3 is 9.84 Å².